The van der Waals surface area contributed by atoms with Gasteiger partial charge in [0.15, 0.2) is 0 Å². The molecule has 1 fully saturated rings. The number of ether oxygens (including phenoxy) is 1. The van der Waals surface area contributed by atoms with Crippen molar-refractivity contribution >= 4 is 11.9 Å². The fraction of sp³-hybridized carbons (Fsp3) is 0.722. The second kappa shape index (κ2) is 6.44. The Hall–Kier alpha value is -1.89. The number of nitrogens with zero attached hydrogens (tertiary/aromatic N) is 4. The van der Waals surface area contributed by atoms with Gasteiger partial charge in [-0.2, -0.15) is 0 Å². The van der Waals surface area contributed by atoms with Gasteiger partial charge in [-0.25, -0.2) is 14.8 Å². The molecule has 7 heteroatoms. The first kappa shape index (κ1) is 17.9. The van der Waals surface area contributed by atoms with Crippen LogP contribution in [0.15, 0.2) is 6.33 Å². The summed E-state index contributed by atoms with van der Waals surface area (Å²) in [6.45, 7) is 11.7. The number of carbonyl (C=O) groups excluding carboxylic acids is 1. The Bertz CT molecular complexity index is 658. The predicted molar refractivity (Wildman–Crippen MR) is 94.6 cm³/mol. The molecule has 25 heavy (non-hydrogen) atoms. The molecule has 0 spiro atoms. The molecular formula is C18H28N4O3. The molecule has 1 aromatic rings. The molecule has 7 nitrogen and oxygen atoms in total. The Balaban J connectivity index is 1.76. The highest BCUT2D eigenvalue weighted by atomic mass is 16.6. The Kier molecular flexibility index (Phi) is 4.62. The number of aromatic nitrogens is 2. The van der Waals surface area contributed by atoms with Crippen LogP contribution in [-0.2, 0) is 4.74 Å². The van der Waals surface area contributed by atoms with E-state index in [-0.39, 0.29) is 18.1 Å². The first-order valence-corrected chi connectivity index (χ1v) is 8.95. The van der Waals surface area contributed by atoms with Crippen molar-refractivity contribution in [2.75, 3.05) is 24.5 Å². The van der Waals surface area contributed by atoms with Crippen molar-refractivity contribution in [1.82, 2.24) is 14.9 Å². The molecule has 3 rings (SSSR count). The first-order chi connectivity index (χ1) is 11.7. The summed E-state index contributed by atoms with van der Waals surface area (Å²) in [6.07, 6.45) is 1.44. The third-order valence-electron chi connectivity index (χ3n) is 4.83. The van der Waals surface area contributed by atoms with Gasteiger partial charge in [0.05, 0.1) is 11.8 Å². The maximum atomic E-state index is 12.3. The van der Waals surface area contributed by atoms with Crippen LogP contribution in [0.4, 0.5) is 10.6 Å². The smallest absolute Gasteiger partial charge is 0.410 e. The monoisotopic (exact) mass is 348 g/mol. The molecule has 0 saturated carbocycles. The Morgan fingerprint density at radius 1 is 1.28 bits per heavy atom. The third-order valence-corrected chi connectivity index (χ3v) is 4.83. The summed E-state index contributed by atoms with van der Waals surface area (Å²) in [5.41, 5.74) is 1.31. The van der Waals surface area contributed by atoms with Crippen LogP contribution in [0.5, 0.6) is 0 Å². The van der Waals surface area contributed by atoms with Crippen molar-refractivity contribution in [3.05, 3.63) is 17.6 Å². The number of fused-ring (bicyclic) bond motifs is 1. The lowest BCUT2D eigenvalue weighted by molar-refractivity contribution is 0.0218. The maximum absolute atomic E-state index is 12.3. The normalized spacial score (nSPS) is 26.6. The molecule has 1 amide bonds. The maximum Gasteiger partial charge on any atom is 0.410 e. The molecule has 0 aromatic carbocycles. The fourth-order valence-corrected chi connectivity index (χ4v) is 3.70. The van der Waals surface area contributed by atoms with Crippen LogP contribution in [0.3, 0.4) is 0 Å². The molecule has 1 N–H and O–H groups in total. The summed E-state index contributed by atoms with van der Waals surface area (Å²) in [5, 5.41) is 10.2. The van der Waals surface area contributed by atoms with E-state index >= 15 is 0 Å². The minimum Gasteiger partial charge on any atom is -0.444 e. The minimum absolute atomic E-state index is 0.116. The average molecular weight is 348 g/mol. The van der Waals surface area contributed by atoms with Gasteiger partial charge in [0.2, 0.25) is 0 Å². The lowest BCUT2D eigenvalue weighted by Gasteiger charge is -2.41. The highest BCUT2D eigenvalue weighted by molar-refractivity contribution is 5.69. The zero-order chi connectivity index (χ0) is 18.4. The van der Waals surface area contributed by atoms with Gasteiger partial charge in [0.1, 0.15) is 17.7 Å². The molecule has 1 aliphatic heterocycles. The number of hydrogen-bond donors (Lipinski definition) is 1. The minimum atomic E-state index is -0.509. The van der Waals surface area contributed by atoms with E-state index in [0.717, 1.165) is 17.1 Å². The van der Waals surface area contributed by atoms with E-state index in [9.17, 15) is 9.90 Å². The molecule has 1 aliphatic carbocycles. The van der Waals surface area contributed by atoms with Gasteiger partial charge in [-0.05, 0) is 40.0 Å². The van der Waals surface area contributed by atoms with E-state index in [4.69, 9.17) is 4.74 Å². The Morgan fingerprint density at radius 3 is 2.64 bits per heavy atom. The number of carbonyl (C=O) groups is 1. The Morgan fingerprint density at radius 2 is 2.00 bits per heavy atom. The van der Waals surface area contributed by atoms with Crippen molar-refractivity contribution in [1.29, 1.82) is 0 Å². The molecule has 3 atom stereocenters. The van der Waals surface area contributed by atoms with Gasteiger partial charge >= 0.3 is 6.09 Å². The molecule has 2 heterocycles. The van der Waals surface area contributed by atoms with Crippen LogP contribution in [0, 0.1) is 0 Å². The van der Waals surface area contributed by atoms with Gasteiger partial charge in [-0.1, -0.05) is 6.92 Å². The molecule has 1 unspecified atom stereocenters. The second-order valence-electron chi connectivity index (χ2n) is 8.12. The highest BCUT2D eigenvalue weighted by Crippen LogP contribution is 2.43. The summed E-state index contributed by atoms with van der Waals surface area (Å²) >= 11 is 0. The molecule has 2 aliphatic rings. The van der Waals surface area contributed by atoms with Gasteiger partial charge in [0, 0.05) is 31.2 Å². The zero-order valence-corrected chi connectivity index (χ0v) is 15.7. The van der Waals surface area contributed by atoms with Crippen LogP contribution in [0.25, 0.3) is 0 Å². The van der Waals surface area contributed by atoms with E-state index in [1.165, 1.54) is 6.33 Å². The largest absolute Gasteiger partial charge is 0.444 e. The van der Waals surface area contributed by atoms with E-state index in [2.05, 4.69) is 28.7 Å². The zero-order valence-electron chi connectivity index (χ0n) is 15.7. The lowest BCUT2D eigenvalue weighted by Crippen LogP contribution is -2.55. The highest BCUT2D eigenvalue weighted by Gasteiger charge is 2.36. The van der Waals surface area contributed by atoms with Crippen molar-refractivity contribution in [2.24, 2.45) is 0 Å². The van der Waals surface area contributed by atoms with Gasteiger partial charge < -0.3 is 19.6 Å². The number of aliphatic hydroxyl groups excluding tert-OH is 1. The van der Waals surface area contributed by atoms with E-state index in [1.54, 1.807) is 4.90 Å². The van der Waals surface area contributed by atoms with Crippen molar-refractivity contribution in [3.8, 4) is 0 Å². The van der Waals surface area contributed by atoms with Crippen molar-refractivity contribution in [3.63, 3.8) is 0 Å². The van der Waals surface area contributed by atoms with E-state index in [0.29, 0.717) is 26.1 Å². The van der Waals surface area contributed by atoms with E-state index < -0.39 is 11.7 Å². The Labute approximate surface area is 149 Å². The standard InChI is InChI=1S/C18H28N4O3/c1-11-8-13(23)15-14(11)16(20-10-19-15)22-7-6-21(9-12(22)2)17(24)25-18(3,4)5/h10-13,23H,6-9H2,1-5H3/t11-,12?,13-/m1/s1. The van der Waals surface area contributed by atoms with Gasteiger partial charge in [0.25, 0.3) is 0 Å². The molecule has 1 saturated heterocycles. The molecule has 1 aromatic heterocycles. The molecule has 0 bridgehead atoms. The SMILES string of the molecule is CC1CN(C(=O)OC(C)(C)C)CCN1c1ncnc2c1[C@H](C)C[C@H]2O. The topological polar surface area (TPSA) is 78.8 Å². The average Bonchev–Trinajstić information content (AvgIpc) is 2.80. The quantitative estimate of drug-likeness (QED) is 0.840. The summed E-state index contributed by atoms with van der Waals surface area (Å²) in [7, 11) is 0. The number of amides is 1. The van der Waals surface area contributed by atoms with Gasteiger partial charge in [-0.15, -0.1) is 0 Å². The third kappa shape index (κ3) is 3.56. The van der Waals surface area contributed by atoms with Crippen LogP contribution >= 0.6 is 0 Å². The molecule has 138 valence electrons. The fourth-order valence-electron chi connectivity index (χ4n) is 3.70. The second-order valence-corrected chi connectivity index (χ2v) is 8.12. The molecule has 0 radical (unpaired) electrons. The predicted octanol–water partition coefficient (Wildman–Crippen LogP) is 2.46. The van der Waals surface area contributed by atoms with Crippen LogP contribution in [0.1, 0.15) is 64.3 Å². The summed E-state index contributed by atoms with van der Waals surface area (Å²) in [4.78, 5) is 25.1. The number of piperazine rings is 1. The number of aliphatic hydroxyl groups is 1. The van der Waals surface area contributed by atoms with Crippen LogP contribution < -0.4 is 4.90 Å². The number of rotatable bonds is 1. The van der Waals surface area contributed by atoms with Gasteiger partial charge in [-0.3, -0.25) is 0 Å². The summed E-state index contributed by atoms with van der Waals surface area (Å²) in [5.74, 6) is 1.13. The first-order valence-electron chi connectivity index (χ1n) is 8.95. The van der Waals surface area contributed by atoms with Crippen LogP contribution in [-0.4, -0.2) is 57.3 Å². The summed E-state index contributed by atoms with van der Waals surface area (Å²) < 4.78 is 5.48. The van der Waals surface area contributed by atoms with Crippen molar-refractivity contribution < 1.29 is 14.6 Å². The van der Waals surface area contributed by atoms with E-state index in [1.807, 2.05) is 20.8 Å². The van der Waals surface area contributed by atoms with Crippen molar-refractivity contribution in [2.45, 2.75) is 64.7 Å². The number of anilines is 1. The van der Waals surface area contributed by atoms with Crippen LogP contribution in [0.2, 0.25) is 0 Å². The lowest BCUT2D eigenvalue weighted by atomic mass is 10.0. The number of hydrogen-bond acceptors (Lipinski definition) is 6. The molecular weight excluding hydrogens is 320 g/mol. The summed E-state index contributed by atoms with van der Waals surface area (Å²) in [6, 6.07) is 0.116.